The number of carbonyl (C=O) groups is 1. The Bertz CT molecular complexity index is 487. The largest absolute Gasteiger partial charge is 0.324 e. The summed E-state index contributed by atoms with van der Waals surface area (Å²) in [5.41, 5.74) is 10.5. The number of fused-ring (bicyclic) bond motifs is 1. The van der Waals surface area contributed by atoms with Gasteiger partial charge >= 0.3 is 0 Å². The molecule has 1 aromatic heterocycles. The number of carbonyl (C=O) groups excluding carboxylic acids is 1. The van der Waals surface area contributed by atoms with E-state index in [2.05, 4.69) is 22.3 Å². The van der Waals surface area contributed by atoms with Gasteiger partial charge in [-0.05, 0) is 37.8 Å². The molecule has 2 rings (SSSR count). The predicted molar refractivity (Wildman–Crippen MR) is 63.7 cm³/mol. The van der Waals surface area contributed by atoms with Crippen LogP contribution in [0.3, 0.4) is 0 Å². The van der Waals surface area contributed by atoms with Crippen LogP contribution in [0.5, 0.6) is 0 Å². The zero-order valence-electron chi connectivity index (χ0n) is 9.15. The summed E-state index contributed by atoms with van der Waals surface area (Å²) in [5.74, 6) is -0.197. The summed E-state index contributed by atoms with van der Waals surface area (Å²) in [5, 5.41) is 6.37. The van der Waals surface area contributed by atoms with Crippen molar-refractivity contribution in [2.75, 3.05) is 5.32 Å². The lowest BCUT2D eigenvalue weighted by Crippen LogP contribution is -2.24. The zero-order chi connectivity index (χ0) is 11.7. The molecule has 0 saturated heterocycles. The molecule has 1 aromatic rings. The molecule has 1 atom stereocenters. The van der Waals surface area contributed by atoms with Crippen LogP contribution >= 0.6 is 11.3 Å². The highest BCUT2D eigenvalue weighted by molar-refractivity contribution is 7.12. The lowest BCUT2D eigenvalue weighted by molar-refractivity contribution is -0.117. The molecule has 84 valence electrons. The SMILES string of the molecule is Cc1sc(C)c2c1CCC(N=[N+]=[N-])C(=O)N2. The summed E-state index contributed by atoms with van der Waals surface area (Å²) in [6.45, 7) is 4.04. The van der Waals surface area contributed by atoms with Gasteiger partial charge in [-0.25, -0.2) is 0 Å². The first-order valence-electron chi connectivity index (χ1n) is 5.07. The van der Waals surface area contributed by atoms with Gasteiger partial charge in [0.25, 0.3) is 0 Å². The first kappa shape index (κ1) is 11.0. The van der Waals surface area contributed by atoms with E-state index in [1.807, 2.05) is 6.92 Å². The Hall–Kier alpha value is -1.52. The van der Waals surface area contributed by atoms with Crippen LogP contribution in [0.4, 0.5) is 5.69 Å². The maximum absolute atomic E-state index is 11.8. The number of nitrogens with one attached hydrogen (secondary N) is 1. The standard InChI is InChI=1S/C10H12N4OS/c1-5-7-3-4-8(13-14-11)10(15)12-9(7)6(2)16-5/h8H,3-4H2,1-2H3,(H,12,15). The Labute approximate surface area is 97.1 Å². The number of anilines is 1. The molecule has 6 heteroatoms. The van der Waals surface area contributed by atoms with Gasteiger partial charge in [0.1, 0.15) is 6.04 Å². The van der Waals surface area contributed by atoms with Gasteiger partial charge in [0.2, 0.25) is 5.91 Å². The van der Waals surface area contributed by atoms with Crippen LogP contribution in [0.1, 0.15) is 21.7 Å². The van der Waals surface area contributed by atoms with Crippen molar-refractivity contribution in [1.29, 1.82) is 0 Å². The van der Waals surface area contributed by atoms with Crippen molar-refractivity contribution in [3.05, 3.63) is 25.8 Å². The second-order valence-corrected chi connectivity index (χ2v) is 5.25. The molecular formula is C10H12N4OS. The molecule has 1 N–H and O–H groups in total. The monoisotopic (exact) mass is 236 g/mol. The van der Waals surface area contributed by atoms with Gasteiger partial charge in [-0.2, -0.15) is 0 Å². The van der Waals surface area contributed by atoms with E-state index < -0.39 is 6.04 Å². The number of aryl methyl sites for hydroxylation is 2. The van der Waals surface area contributed by atoms with Crippen molar-refractivity contribution < 1.29 is 4.79 Å². The highest BCUT2D eigenvalue weighted by atomic mass is 32.1. The van der Waals surface area contributed by atoms with Gasteiger partial charge in [0, 0.05) is 14.7 Å². The second-order valence-electron chi connectivity index (χ2n) is 3.82. The third-order valence-corrected chi connectivity index (χ3v) is 3.86. The number of hydrogen-bond donors (Lipinski definition) is 1. The Balaban J connectivity index is 2.37. The molecule has 0 radical (unpaired) electrons. The summed E-state index contributed by atoms with van der Waals surface area (Å²) in [6, 6.07) is -0.582. The van der Waals surface area contributed by atoms with Crippen molar-refractivity contribution in [2.24, 2.45) is 5.11 Å². The summed E-state index contributed by atoms with van der Waals surface area (Å²) in [6.07, 6.45) is 1.37. The molecule has 16 heavy (non-hydrogen) atoms. The van der Waals surface area contributed by atoms with E-state index in [1.54, 1.807) is 11.3 Å². The maximum atomic E-state index is 11.8. The minimum atomic E-state index is -0.582. The van der Waals surface area contributed by atoms with Gasteiger partial charge in [-0.1, -0.05) is 5.11 Å². The van der Waals surface area contributed by atoms with Gasteiger partial charge in [-0.15, -0.1) is 11.3 Å². The zero-order valence-corrected chi connectivity index (χ0v) is 9.97. The molecule has 5 nitrogen and oxygen atoms in total. The lowest BCUT2D eigenvalue weighted by atomic mass is 10.1. The first-order chi connectivity index (χ1) is 7.63. The number of rotatable bonds is 1. The number of hydrogen-bond acceptors (Lipinski definition) is 3. The van der Waals surface area contributed by atoms with Crippen molar-refractivity contribution in [2.45, 2.75) is 32.7 Å². The van der Waals surface area contributed by atoms with E-state index in [0.717, 1.165) is 17.0 Å². The third-order valence-electron chi connectivity index (χ3n) is 2.79. The van der Waals surface area contributed by atoms with Crippen LogP contribution < -0.4 is 5.32 Å². The molecule has 0 saturated carbocycles. The first-order valence-corrected chi connectivity index (χ1v) is 5.89. The third kappa shape index (κ3) is 1.77. The van der Waals surface area contributed by atoms with E-state index in [1.165, 1.54) is 10.4 Å². The van der Waals surface area contributed by atoms with E-state index in [4.69, 9.17) is 5.53 Å². The Morgan fingerprint density at radius 1 is 1.50 bits per heavy atom. The van der Waals surface area contributed by atoms with Gasteiger partial charge in [0.15, 0.2) is 0 Å². The highest BCUT2D eigenvalue weighted by Crippen LogP contribution is 2.35. The van der Waals surface area contributed by atoms with Crippen molar-refractivity contribution in [1.82, 2.24) is 0 Å². The number of amides is 1. The van der Waals surface area contributed by atoms with Crippen LogP contribution in [-0.4, -0.2) is 11.9 Å². The van der Waals surface area contributed by atoms with Crippen LogP contribution in [-0.2, 0) is 11.2 Å². The van der Waals surface area contributed by atoms with Crippen molar-refractivity contribution >= 4 is 22.9 Å². The van der Waals surface area contributed by atoms with Crippen molar-refractivity contribution in [3.63, 3.8) is 0 Å². The van der Waals surface area contributed by atoms with Crippen LogP contribution in [0.25, 0.3) is 10.4 Å². The fraction of sp³-hybridized carbons (Fsp3) is 0.500. The minimum absolute atomic E-state index is 0.197. The van der Waals surface area contributed by atoms with E-state index >= 15 is 0 Å². The molecule has 1 unspecified atom stereocenters. The fourth-order valence-corrected chi connectivity index (χ4v) is 3.05. The molecule has 2 heterocycles. The summed E-state index contributed by atoms with van der Waals surface area (Å²) in [4.78, 5) is 16.8. The molecule has 1 aliphatic rings. The second kappa shape index (κ2) is 4.15. The van der Waals surface area contributed by atoms with E-state index in [9.17, 15) is 4.79 Å². The number of thiophene rings is 1. The van der Waals surface area contributed by atoms with Crippen LogP contribution in [0, 0.1) is 13.8 Å². The normalized spacial score (nSPS) is 19.4. The topological polar surface area (TPSA) is 77.9 Å². The Morgan fingerprint density at radius 3 is 2.94 bits per heavy atom. The van der Waals surface area contributed by atoms with E-state index in [0.29, 0.717) is 6.42 Å². The summed E-state index contributed by atoms with van der Waals surface area (Å²) < 4.78 is 0. The highest BCUT2D eigenvalue weighted by Gasteiger charge is 2.25. The summed E-state index contributed by atoms with van der Waals surface area (Å²) in [7, 11) is 0. The van der Waals surface area contributed by atoms with Gasteiger partial charge < -0.3 is 5.32 Å². The molecule has 1 amide bonds. The average Bonchev–Trinajstić information content (AvgIpc) is 2.42. The summed E-state index contributed by atoms with van der Waals surface area (Å²) >= 11 is 1.69. The molecule has 0 spiro atoms. The molecule has 1 aliphatic heterocycles. The quantitative estimate of drug-likeness (QED) is 0.454. The van der Waals surface area contributed by atoms with Crippen molar-refractivity contribution in [3.8, 4) is 0 Å². The Kier molecular flexibility index (Phi) is 2.85. The minimum Gasteiger partial charge on any atom is -0.324 e. The molecule has 0 fully saturated rings. The molecule has 0 aliphatic carbocycles. The lowest BCUT2D eigenvalue weighted by Gasteiger charge is -2.06. The maximum Gasteiger partial charge on any atom is 0.233 e. The van der Waals surface area contributed by atoms with Crippen LogP contribution in [0.2, 0.25) is 0 Å². The smallest absolute Gasteiger partial charge is 0.233 e. The number of nitrogens with zero attached hydrogens (tertiary/aromatic N) is 3. The Morgan fingerprint density at radius 2 is 2.25 bits per heavy atom. The van der Waals surface area contributed by atoms with E-state index in [-0.39, 0.29) is 5.91 Å². The van der Waals surface area contributed by atoms with Crippen LogP contribution in [0.15, 0.2) is 5.11 Å². The molecular weight excluding hydrogens is 224 g/mol. The van der Waals surface area contributed by atoms with Gasteiger partial charge in [-0.3, -0.25) is 4.79 Å². The molecule has 0 aromatic carbocycles. The van der Waals surface area contributed by atoms with Gasteiger partial charge in [0.05, 0.1) is 5.69 Å². The predicted octanol–water partition coefficient (Wildman–Crippen LogP) is 2.93. The fourth-order valence-electron chi connectivity index (χ4n) is 1.99. The molecule has 0 bridgehead atoms. The number of azide groups is 1. The average molecular weight is 236 g/mol.